The van der Waals surface area contributed by atoms with Crippen LogP contribution in [0, 0.1) is 0 Å². The van der Waals surface area contributed by atoms with Crippen LogP contribution < -0.4 is 15.7 Å². The van der Waals surface area contributed by atoms with E-state index in [2.05, 4.69) is 22.4 Å². The lowest BCUT2D eigenvalue weighted by Gasteiger charge is -2.24. The number of carbonyl (C=O) groups excluding carboxylic acids is 1. The average molecular weight is 443 g/mol. The Labute approximate surface area is 190 Å². The fourth-order valence-electron chi connectivity index (χ4n) is 5.46. The molecule has 0 spiro atoms. The lowest BCUT2D eigenvalue weighted by atomic mass is 9.91. The molecule has 4 aromatic rings. The minimum atomic E-state index is -0.251. The van der Waals surface area contributed by atoms with Crippen molar-refractivity contribution in [1.29, 1.82) is 0 Å². The van der Waals surface area contributed by atoms with E-state index in [0.29, 0.717) is 11.3 Å². The predicted octanol–water partition coefficient (Wildman–Crippen LogP) is 4.73. The molecule has 0 bridgehead atoms. The summed E-state index contributed by atoms with van der Waals surface area (Å²) in [6.45, 7) is -0.0905. The maximum atomic E-state index is 12.7. The monoisotopic (exact) mass is 442 g/mol. The van der Waals surface area contributed by atoms with Crippen LogP contribution in [0.5, 0.6) is 5.75 Å². The molecule has 0 aliphatic heterocycles. The maximum Gasteiger partial charge on any atom is 0.339 e. The minimum absolute atomic E-state index is 0.0432. The number of rotatable bonds is 4. The number of carbonyl (C=O) groups is 1. The molecule has 168 valence electrons. The molecule has 0 saturated carbocycles. The van der Waals surface area contributed by atoms with Gasteiger partial charge >= 0.3 is 5.63 Å². The van der Waals surface area contributed by atoms with Crippen LogP contribution in [0.15, 0.2) is 51.7 Å². The largest absolute Gasteiger partial charge is 0.484 e. The van der Waals surface area contributed by atoms with Gasteiger partial charge in [0.1, 0.15) is 11.3 Å². The van der Waals surface area contributed by atoms with E-state index in [1.54, 1.807) is 6.07 Å². The van der Waals surface area contributed by atoms with E-state index in [0.717, 1.165) is 72.7 Å². The summed E-state index contributed by atoms with van der Waals surface area (Å²) in [5.74, 6) is 0.352. The molecule has 33 heavy (non-hydrogen) atoms. The van der Waals surface area contributed by atoms with Crippen LogP contribution in [-0.2, 0) is 24.1 Å². The Morgan fingerprint density at radius 1 is 1.00 bits per heavy atom. The van der Waals surface area contributed by atoms with Gasteiger partial charge in [0.15, 0.2) is 6.61 Å². The van der Waals surface area contributed by atoms with Crippen LogP contribution in [0.25, 0.3) is 21.9 Å². The third kappa shape index (κ3) is 3.59. The van der Waals surface area contributed by atoms with Crippen LogP contribution in [0.1, 0.15) is 54.1 Å². The summed E-state index contributed by atoms with van der Waals surface area (Å²) in [6.07, 6.45) is 6.76. The van der Waals surface area contributed by atoms with Crippen molar-refractivity contribution in [2.75, 3.05) is 6.61 Å². The predicted molar refractivity (Wildman–Crippen MR) is 127 cm³/mol. The average Bonchev–Trinajstić information content (AvgIpc) is 3.23. The number of benzene rings is 2. The van der Waals surface area contributed by atoms with Crippen molar-refractivity contribution >= 4 is 27.8 Å². The molecule has 0 unspecified atom stereocenters. The Hall–Kier alpha value is -3.54. The molecule has 0 fully saturated rings. The zero-order valence-corrected chi connectivity index (χ0v) is 18.4. The maximum absolute atomic E-state index is 12.7. The molecule has 2 N–H and O–H groups in total. The smallest absolute Gasteiger partial charge is 0.339 e. The molecular weight excluding hydrogens is 416 g/mol. The fraction of sp³-hybridized carbons (Fsp3) is 0.333. The lowest BCUT2D eigenvalue weighted by Crippen LogP contribution is -2.34. The molecule has 2 heterocycles. The first-order valence-corrected chi connectivity index (χ1v) is 11.8. The first-order chi connectivity index (χ1) is 16.2. The quantitative estimate of drug-likeness (QED) is 0.448. The summed E-state index contributed by atoms with van der Waals surface area (Å²) in [6, 6.07) is 13.7. The molecule has 2 aliphatic carbocycles. The molecule has 2 aromatic heterocycles. The molecule has 0 saturated heterocycles. The Kier molecular flexibility index (Phi) is 4.93. The van der Waals surface area contributed by atoms with Gasteiger partial charge in [0.2, 0.25) is 0 Å². The molecule has 2 aromatic carbocycles. The number of ether oxygens (including phenoxy) is 1. The van der Waals surface area contributed by atoms with E-state index in [1.807, 2.05) is 24.3 Å². The summed E-state index contributed by atoms with van der Waals surface area (Å²) in [7, 11) is 0. The molecule has 2 aliphatic rings. The van der Waals surface area contributed by atoms with Crippen molar-refractivity contribution in [2.24, 2.45) is 0 Å². The number of aryl methyl sites for hydroxylation is 2. The van der Waals surface area contributed by atoms with Crippen LogP contribution in [0.4, 0.5) is 0 Å². The van der Waals surface area contributed by atoms with Gasteiger partial charge in [-0.2, -0.15) is 0 Å². The second-order valence-electron chi connectivity index (χ2n) is 9.08. The van der Waals surface area contributed by atoms with E-state index in [4.69, 9.17) is 9.15 Å². The standard InChI is InChI=1S/C27H26N2O4/c30-25(28-23-11-5-9-20-18-7-3-4-10-22(18)29-26(20)23)15-32-16-12-13-19-17-6-1-2-8-21(17)27(31)33-24(19)14-16/h3-4,7,10,12-14,23,29H,1-2,5-6,8-9,11,15H2,(H,28,30)/t23-/m0/s1. The summed E-state index contributed by atoms with van der Waals surface area (Å²) in [5.41, 5.74) is 5.70. The zero-order valence-electron chi connectivity index (χ0n) is 18.4. The number of H-pyrrole nitrogens is 1. The first kappa shape index (κ1) is 20.1. The van der Waals surface area contributed by atoms with Gasteiger partial charge in [-0.1, -0.05) is 18.2 Å². The molecule has 6 nitrogen and oxygen atoms in total. The van der Waals surface area contributed by atoms with E-state index >= 15 is 0 Å². The Morgan fingerprint density at radius 3 is 2.73 bits per heavy atom. The van der Waals surface area contributed by atoms with Crippen molar-refractivity contribution in [3.8, 4) is 5.75 Å². The molecule has 1 amide bonds. The zero-order chi connectivity index (χ0) is 22.4. The van der Waals surface area contributed by atoms with Crippen molar-refractivity contribution < 1.29 is 13.9 Å². The number of aromatic amines is 1. The number of amides is 1. The number of para-hydroxylation sites is 1. The van der Waals surface area contributed by atoms with E-state index < -0.39 is 0 Å². The van der Waals surface area contributed by atoms with Crippen LogP contribution in [-0.4, -0.2) is 17.5 Å². The van der Waals surface area contributed by atoms with Crippen molar-refractivity contribution in [3.63, 3.8) is 0 Å². The number of hydrogen-bond donors (Lipinski definition) is 2. The van der Waals surface area contributed by atoms with E-state index in [1.165, 1.54) is 10.9 Å². The Morgan fingerprint density at radius 2 is 1.82 bits per heavy atom. The van der Waals surface area contributed by atoms with Gasteiger partial charge < -0.3 is 19.5 Å². The van der Waals surface area contributed by atoms with Gasteiger partial charge in [-0.05, 0) is 74.3 Å². The Balaban J connectivity index is 1.17. The van der Waals surface area contributed by atoms with E-state index in [-0.39, 0.29) is 24.2 Å². The van der Waals surface area contributed by atoms with Crippen LogP contribution in [0.2, 0.25) is 0 Å². The molecule has 6 rings (SSSR count). The third-order valence-corrected chi connectivity index (χ3v) is 7.01. The first-order valence-electron chi connectivity index (χ1n) is 11.8. The van der Waals surface area contributed by atoms with Crippen LogP contribution in [0.3, 0.4) is 0 Å². The molecule has 1 atom stereocenters. The van der Waals surface area contributed by atoms with E-state index in [9.17, 15) is 9.59 Å². The highest BCUT2D eigenvalue weighted by Crippen LogP contribution is 2.34. The number of aromatic nitrogens is 1. The fourth-order valence-corrected chi connectivity index (χ4v) is 5.46. The molecule has 0 radical (unpaired) electrons. The van der Waals surface area contributed by atoms with Crippen molar-refractivity contribution in [1.82, 2.24) is 10.3 Å². The molecular formula is C27H26N2O4. The SMILES string of the molecule is O=C(COc1ccc2c3c(c(=O)oc2c1)CCCC3)N[C@H]1CCCc2c1[nH]c1ccccc21. The molecule has 6 heteroatoms. The summed E-state index contributed by atoms with van der Waals surface area (Å²) in [4.78, 5) is 28.6. The highest BCUT2D eigenvalue weighted by atomic mass is 16.5. The summed E-state index contributed by atoms with van der Waals surface area (Å²) < 4.78 is 11.3. The normalized spacial score (nSPS) is 17.5. The highest BCUT2D eigenvalue weighted by molar-refractivity contribution is 5.86. The number of hydrogen-bond acceptors (Lipinski definition) is 4. The lowest BCUT2D eigenvalue weighted by molar-refractivity contribution is -0.124. The number of nitrogens with one attached hydrogen (secondary N) is 2. The summed E-state index contributed by atoms with van der Waals surface area (Å²) in [5, 5.41) is 5.33. The van der Waals surface area contributed by atoms with Crippen molar-refractivity contribution in [2.45, 2.75) is 51.0 Å². The number of fused-ring (bicyclic) bond motifs is 6. The minimum Gasteiger partial charge on any atom is -0.484 e. The summed E-state index contributed by atoms with van der Waals surface area (Å²) >= 11 is 0. The van der Waals surface area contributed by atoms with Gasteiger partial charge in [-0.3, -0.25) is 4.79 Å². The second-order valence-corrected chi connectivity index (χ2v) is 9.08. The third-order valence-electron chi connectivity index (χ3n) is 7.01. The van der Waals surface area contributed by atoms with Crippen LogP contribution >= 0.6 is 0 Å². The Bertz CT molecular complexity index is 1430. The van der Waals surface area contributed by atoms with Gasteiger partial charge in [-0.25, -0.2) is 4.79 Å². The van der Waals surface area contributed by atoms with Crippen molar-refractivity contribution in [3.05, 3.63) is 75.3 Å². The topological polar surface area (TPSA) is 84.3 Å². The van der Waals surface area contributed by atoms with Gasteiger partial charge in [0.05, 0.1) is 6.04 Å². The van der Waals surface area contributed by atoms with Gasteiger partial charge in [0.25, 0.3) is 5.91 Å². The van der Waals surface area contributed by atoms with Gasteiger partial charge in [-0.15, -0.1) is 0 Å². The van der Waals surface area contributed by atoms with Gasteiger partial charge in [0, 0.05) is 33.6 Å². The second kappa shape index (κ2) is 8.10. The highest BCUT2D eigenvalue weighted by Gasteiger charge is 2.25.